The molecule has 9 nitrogen and oxygen atoms in total. The molecule has 3 amide bonds. The van der Waals surface area contributed by atoms with E-state index in [1.165, 1.54) is 24.3 Å². The van der Waals surface area contributed by atoms with Crippen molar-refractivity contribution in [2.45, 2.75) is 6.54 Å². The lowest BCUT2D eigenvalue weighted by atomic mass is 10.1. The quantitative estimate of drug-likeness (QED) is 0.159. The number of amides is 3. The van der Waals surface area contributed by atoms with Crippen LogP contribution in [0.5, 0.6) is 0 Å². The zero-order chi connectivity index (χ0) is 28.1. The molecule has 0 spiro atoms. The van der Waals surface area contributed by atoms with Crippen molar-refractivity contribution < 1.29 is 19.3 Å². The third-order valence-corrected chi connectivity index (χ3v) is 7.47. The maximum atomic E-state index is 13.0. The van der Waals surface area contributed by atoms with Crippen LogP contribution in [0, 0.1) is 10.1 Å². The SMILES string of the molecule is O=C(NCCN1C(=O)S/C(=C\c2ccc(Cl)cc2Cl)C1=O)c1cc([N+](=O)[O-])ccc1NCc1ccccc1Cl. The molecule has 0 unspecified atom stereocenters. The van der Waals surface area contributed by atoms with Gasteiger partial charge in [0.1, 0.15) is 0 Å². The molecule has 1 saturated heterocycles. The molecule has 0 saturated carbocycles. The van der Waals surface area contributed by atoms with Gasteiger partial charge in [-0.25, -0.2) is 0 Å². The monoisotopic (exact) mass is 604 g/mol. The molecular weight excluding hydrogens is 587 g/mol. The molecule has 4 rings (SSSR count). The zero-order valence-corrected chi connectivity index (χ0v) is 23.0. The van der Waals surface area contributed by atoms with Crippen LogP contribution in [-0.4, -0.2) is 40.0 Å². The smallest absolute Gasteiger partial charge is 0.293 e. The van der Waals surface area contributed by atoms with E-state index >= 15 is 0 Å². The minimum Gasteiger partial charge on any atom is -0.380 e. The third kappa shape index (κ3) is 6.90. The molecule has 0 atom stereocenters. The fourth-order valence-electron chi connectivity index (χ4n) is 3.65. The van der Waals surface area contributed by atoms with Gasteiger partial charge in [0.25, 0.3) is 22.7 Å². The van der Waals surface area contributed by atoms with E-state index in [4.69, 9.17) is 34.8 Å². The highest BCUT2D eigenvalue weighted by atomic mass is 35.5. The minimum atomic E-state index is -0.615. The van der Waals surface area contributed by atoms with Crippen molar-refractivity contribution >= 4 is 81.1 Å². The highest BCUT2D eigenvalue weighted by molar-refractivity contribution is 8.18. The summed E-state index contributed by atoms with van der Waals surface area (Å²) in [5.41, 5.74) is 1.42. The number of halogens is 3. The first-order valence-electron chi connectivity index (χ1n) is 11.4. The fourth-order valence-corrected chi connectivity index (χ4v) is 5.17. The number of hydrogen-bond donors (Lipinski definition) is 2. The molecule has 1 fully saturated rings. The molecule has 2 N–H and O–H groups in total. The van der Waals surface area contributed by atoms with E-state index in [1.54, 1.807) is 24.3 Å². The van der Waals surface area contributed by atoms with E-state index in [2.05, 4.69) is 10.6 Å². The van der Waals surface area contributed by atoms with E-state index in [0.717, 1.165) is 28.3 Å². The standard InChI is InChI=1S/C26H19Cl3N4O5S/c27-17-6-5-15(21(29)12-17)11-23-25(35)32(26(36)39-23)10-9-30-24(34)19-13-18(33(37)38)7-8-22(19)31-14-16-3-1-2-4-20(16)28/h1-8,11-13,31H,9-10,14H2,(H,30,34)/b23-11-. The van der Waals surface area contributed by atoms with Crippen LogP contribution in [0.3, 0.4) is 0 Å². The second-order valence-electron chi connectivity index (χ2n) is 8.19. The number of nitrogens with zero attached hydrogens (tertiary/aromatic N) is 2. The van der Waals surface area contributed by atoms with Gasteiger partial charge in [0.2, 0.25) is 0 Å². The fraction of sp³-hybridized carbons (Fsp3) is 0.115. The van der Waals surface area contributed by atoms with E-state index in [1.807, 2.05) is 12.1 Å². The molecule has 0 radical (unpaired) electrons. The van der Waals surface area contributed by atoms with Crippen molar-refractivity contribution in [1.29, 1.82) is 0 Å². The van der Waals surface area contributed by atoms with Gasteiger partial charge in [-0.2, -0.15) is 0 Å². The number of nitro benzene ring substituents is 1. The van der Waals surface area contributed by atoms with Gasteiger partial charge < -0.3 is 10.6 Å². The van der Waals surface area contributed by atoms with Gasteiger partial charge in [0, 0.05) is 52.5 Å². The normalized spacial score (nSPS) is 14.1. The number of carbonyl (C=O) groups excluding carboxylic acids is 3. The number of nitrogens with one attached hydrogen (secondary N) is 2. The average molecular weight is 606 g/mol. The molecule has 1 heterocycles. The van der Waals surface area contributed by atoms with Gasteiger partial charge in [-0.05, 0) is 53.2 Å². The van der Waals surface area contributed by atoms with Gasteiger partial charge in [-0.1, -0.05) is 59.1 Å². The summed E-state index contributed by atoms with van der Waals surface area (Å²) in [7, 11) is 0. The van der Waals surface area contributed by atoms with Crippen molar-refractivity contribution in [2.24, 2.45) is 0 Å². The highest BCUT2D eigenvalue weighted by Crippen LogP contribution is 2.34. The van der Waals surface area contributed by atoms with Crippen LogP contribution in [0.2, 0.25) is 15.1 Å². The van der Waals surface area contributed by atoms with Crippen molar-refractivity contribution in [2.75, 3.05) is 18.4 Å². The third-order valence-electron chi connectivity index (χ3n) is 5.63. The number of carbonyl (C=O) groups is 3. The molecule has 200 valence electrons. The maximum absolute atomic E-state index is 13.0. The molecular formula is C26H19Cl3N4O5S. The van der Waals surface area contributed by atoms with Crippen LogP contribution in [0.15, 0.2) is 65.6 Å². The predicted octanol–water partition coefficient (Wildman–Crippen LogP) is 6.63. The number of imide groups is 1. The van der Waals surface area contributed by atoms with E-state index < -0.39 is 22.0 Å². The van der Waals surface area contributed by atoms with E-state index in [-0.39, 0.29) is 35.8 Å². The molecule has 0 aliphatic carbocycles. The summed E-state index contributed by atoms with van der Waals surface area (Å²) in [6.45, 7) is 0.108. The predicted molar refractivity (Wildman–Crippen MR) is 153 cm³/mol. The first-order chi connectivity index (χ1) is 18.6. The maximum Gasteiger partial charge on any atom is 0.293 e. The highest BCUT2D eigenvalue weighted by Gasteiger charge is 2.35. The summed E-state index contributed by atoms with van der Waals surface area (Å²) in [4.78, 5) is 50.1. The van der Waals surface area contributed by atoms with E-state index in [0.29, 0.717) is 26.3 Å². The Labute approximate surface area is 242 Å². The van der Waals surface area contributed by atoms with Crippen LogP contribution >= 0.6 is 46.6 Å². The molecule has 1 aliphatic rings. The van der Waals surface area contributed by atoms with Gasteiger partial charge in [-0.15, -0.1) is 0 Å². The van der Waals surface area contributed by atoms with Crippen LogP contribution in [0.1, 0.15) is 21.5 Å². The molecule has 1 aliphatic heterocycles. The van der Waals surface area contributed by atoms with Crippen molar-refractivity contribution in [3.05, 3.63) is 107 Å². The van der Waals surface area contributed by atoms with Crippen molar-refractivity contribution in [1.82, 2.24) is 10.2 Å². The summed E-state index contributed by atoms with van der Waals surface area (Å²) < 4.78 is 0. The summed E-state index contributed by atoms with van der Waals surface area (Å²) in [6.07, 6.45) is 1.50. The van der Waals surface area contributed by atoms with Gasteiger partial charge in [0.05, 0.1) is 15.4 Å². The Kier molecular flexibility index (Phi) is 9.13. The molecule has 0 aromatic heterocycles. The second kappa shape index (κ2) is 12.5. The Balaban J connectivity index is 1.43. The first kappa shape index (κ1) is 28.4. The lowest BCUT2D eigenvalue weighted by Gasteiger charge is -2.15. The molecule has 0 bridgehead atoms. The number of nitro groups is 1. The summed E-state index contributed by atoms with van der Waals surface area (Å²) in [5.74, 6) is -1.14. The Morgan fingerprint density at radius 3 is 2.51 bits per heavy atom. The summed E-state index contributed by atoms with van der Waals surface area (Å²) in [6, 6.07) is 15.8. The number of benzene rings is 3. The molecule has 3 aromatic carbocycles. The van der Waals surface area contributed by atoms with Gasteiger partial charge >= 0.3 is 0 Å². The van der Waals surface area contributed by atoms with Crippen molar-refractivity contribution in [3.8, 4) is 0 Å². The molecule has 3 aromatic rings. The van der Waals surface area contributed by atoms with Crippen LogP contribution in [-0.2, 0) is 11.3 Å². The van der Waals surface area contributed by atoms with Gasteiger partial charge in [-0.3, -0.25) is 29.4 Å². The number of rotatable bonds is 9. The largest absolute Gasteiger partial charge is 0.380 e. The zero-order valence-electron chi connectivity index (χ0n) is 19.9. The Morgan fingerprint density at radius 2 is 1.79 bits per heavy atom. The number of thioether (sulfide) groups is 1. The lowest BCUT2D eigenvalue weighted by molar-refractivity contribution is -0.384. The van der Waals surface area contributed by atoms with Gasteiger partial charge in [0.15, 0.2) is 0 Å². The van der Waals surface area contributed by atoms with Crippen molar-refractivity contribution in [3.63, 3.8) is 0 Å². The van der Waals surface area contributed by atoms with E-state index in [9.17, 15) is 24.5 Å². The average Bonchev–Trinajstić information content (AvgIpc) is 3.17. The summed E-state index contributed by atoms with van der Waals surface area (Å²) >= 11 is 19.0. The van der Waals surface area contributed by atoms with Crippen LogP contribution < -0.4 is 10.6 Å². The lowest BCUT2D eigenvalue weighted by Crippen LogP contribution is -2.37. The molecule has 39 heavy (non-hydrogen) atoms. The van der Waals surface area contributed by atoms with Crippen LogP contribution in [0.25, 0.3) is 6.08 Å². The van der Waals surface area contributed by atoms with Crippen LogP contribution in [0.4, 0.5) is 16.2 Å². The topological polar surface area (TPSA) is 122 Å². The minimum absolute atomic E-state index is 0.0302. The molecule has 13 heteroatoms. The first-order valence-corrected chi connectivity index (χ1v) is 13.3. The Hall–Kier alpha value is -3.57. The Bertz CT molecular complexity index is 1510. The second-order valence-corrected chi connectivity index (χ2v) is 10.4. The summed E-state index contributed by atoms with van der Waals surface area (Å²) in [5, 5.41) is 17.8. The Morgan fingerprint density at radius 1 is 1.03 bits per heavy atom. The number of hydrogen-bond acceptors (Lipinski definition) is 7. The number of non-ortho nitro benzene ring substituents is 1. The number of anilines is 1.